The van der Waals surface area contributed by atoms with E-state index in [1.54, 1.807) is 0 Å². The molecular weight excluding hydrogens is 725 g/mol. The zero-order chi connectivity index (χ0) is 39.6. The predicted octanol–water partition coefficient (Wildman–Crippen LogP) is 15.7. The van der Waals surface area contributed by atoms with Crippen molar-refractivity contribution in [2.75, 3.05) is 0 Å². The first-order valence-corrected chi connectivity index (χ1v) is 20.7. The first-order valence-electron chi connectivity index (χ1n) is 20.7. The lowest BCUT2D eigenvalue weighted by Gasteiger charge is -2.17. The summed E-state index contributed by atoms with van der Waals surface area (Å²) in [7, 11) is 0. The monoisotopic (exact) mass is 762 g/mol. The highest BCUT2D eigenvalue weighted by Crippen LogP contribution is 2.51. The Hall–Kier alpha value is -7.94. The Kier molecular flexibility index (Phi) is 7.89. The van der Waals surface area contributed by atoms with Crippen LogP contribution in [0, 0.1) is 0 Å². The summed E-state index contributed by atoms with van der Waals surface area (Å²) in [5.74, 6) is 0. The van der Waals surface area contributed by atoms with Gasteiger partial charge in [0.15, 0.2) is 0 Å². The van der Waals surface area contributed by atoms with Crippen molar-refractivity contribution >= 4 is 54.1 Å². The van der Waals surface area contributed by atoms with Crippen LogP contribution in [0.2, 0.25) is 0 Å². The minimum Gasteiger partial charge on any atom is -0.309 e. The third-order valence-electron chi connectivity index (χ3n) is 12.3. The zero-order valence-corrected chi connectivity index (χ0v) is 32.8. The second-order valence-electron chi connectivity index (χ2n) is 15.6. The van der Waals surface area contributed by atoms with Crippen LogP contribution in [0.4, 0.5) is 0 Å². The highest BCUT2D eigenvalue weighted by Gasteiger charge is 2.29. The van der Waals surface area contributed by atoms with E-state index in [0.717, 1.165) is 28.1 Å². The van der Waals surface area contributed by atoms with Gasteiger partial charge in [-0.25, -0.2) is 0 Å². The van der Waals surface area contributed by atoms with E-state index in [0.29, 0.717) is 0 Å². The fourth-order valence-electron chi connectivity index (χ4n) is 9.73. The van der Waals surface area contributed by atoms with Crippen LogP contribution in [0.25, 0.3) is 110 Å². The van der Waals surface area contributed by atoms with E-state index < -0.39 is 0 Å². The summed E-state index contributed by atoms with van der Waals surface area (Å²) in [5, 5.41) is 10.0. The van der Waals surface area contributed by atoms with Crippen molar-refractivity contribution in [2.45, 2.75) is 0 Å². The highest BCUT2D eigenvalue weighted by molar-refractivity contribution is 6.26. The molecule has 0 N–H and O–H groups in total. The lowest BCUT2D eigenvalue weighted by molar-refractivity contribution is 1.13. The highest BCUT2D eigenvalue weighted by atomic mass is 15.0. The normalized spacial score (nSPS) is 11.7. The molecule has 280 valence electrons. The Bertz CT molecular complexity index is 3520. The predicted molar refractivity (Wildman–Crippen MR) is 254 cm³/mol. The molecule has 2 heterocycles. The molecule has 0 aliphatic rings. The number of aromatic nitrogens is 2. The van der Waals surface area contributed by atoms with Gasteiger partial charge in [0, 0.05) is 33.3 Å². The first-order chi connectivity index (χ1) is 29.8. The third kappa shape index (κ3) is 5.28. The summed E-state index contributed by atoms with van der Waals surface area (Å²) < 4.78 is 4.98. The van der Waals surface area contributed by atoms with Gasteiger partial charge in [-0.15, -0.1) is 0 Å². The molecule has 0 fully saturated rings. The third-order valence-corrected chi connectivity index (χ3v) is 12.3. The smallest absolute Gasteiger partial charge is 0.0620 e. The number of benzene rings is 10. The average molecular weight is 763 g/mol. The zero-order valence-electron chi connectivity index (χ0n) is 32.8. The number of fused-ring (bicyclic) bond motifs is 8. The fourth-order valence-corrected chi connectivity index (χ4v) is 9.73. The molecule has 2 nitrogen and oxygen atoms in total. The molecule has 60 heavy (non-hydrogen) atoms. The summed E-state index contributed by atoms with van der Waals surface area (Å²) in [4.78, 5) is 0. The minimum absolute atomic E-state index is 1.13. The van der Waals surface area contributed by atoms with Crippen molar-refractivity contribution in [1.82, 2.24) is 9.13 Å². The van der Waals surface area contributed by atoms with E-state index in [1.807, 2.05) is 0 Å². The maximum absolute atomic E-state index is 2.52. The number of hydrogen-bond acceptors (Lipinski definition) is 0. The molecule has 2 aromatic heterocycles. The Morgan fingerprint density at radius 2 is 0.567 bits per heavy atom. The number of para-hydroxylation sites is 3. The van der Waals surface area contributed by atoms with Crippen LogP contribution in [0.15, 0.2) is 231 Å². The van der Waals surface area contributed by atoms with Crippen molar-refractivity contribution in [3.05, 3.63) is 231 Å². The van der Waals surface area contributed by atoms with E-state index in [4.69, 9.17) is 0 Å². The van der Waals surface area contributed by atoms with Gasteiger partial charge in [0.25, 0.3) is 0 Å². The van der Waals surface area contributed by atoms with Gasteiger partial charge in [0.2, 0.25) is 0 Å². The van der Waals surface area contributed by atoms with Crippen molar-refractivity contribution < 1.29 is 0 Å². The molecule has 0 radical (unpaired) electrons. The van der Waals surface area contributed by atoms with E-state index in [-0.39, 0.29) is 0 Å². The first kappa shape index (κ1) is 34.1. The maximum Gasteiger partial charge on any atom is 0.0620 e. The molecule has 0 unspecified atom stereocenters. The van der Waals surface area contributed by atoms with Crippen LogP contribution in [-0.4, -0.2) is 9.13 Å². The SMILES string of the molecule is c1ccc(-c2ccc(-c3c(-c4c(-c5ccccc5)n(-c5ccccc5)c5ccccc45)c4ccccc4n3-c3ccc4c5ccccc5c5ccccc5c4c3)cc2)cc1. The van der Waals surface area contributed by atoms with E-state index in [9.17, 15) is 0 Å². The molecule has 0 saturated carbocycles. The maximum atomic E-state index is 2.52. The van der Waals surface area contributed by atoms with Crippen LogP contribution < -0.4 is 0 Å². The van der Waals surface area contributed by atoms with Gasteiger partial charge in [-0.2, -0.15) is 0 Å². The van der Waals surface area contributed by atoms with Crippen LogP contribution in [0.3, 0.4) is 0 Å². The molecule has 0 aliphatic carbocycles. The van der Waals surface area contributed by atoms with Gasteiger partial charge in [0.05, 0.1) is 22.4 Å². The summed E-state index contributed by atoms with van der Waals surface area (Å²) in [6.45, 7) is 0. The van der Waals surface area contributed by atoms with Gasteiger partial charge in [-0.3, -0.25) is 0 Å². The summed E-state index contributed by atoms with van der Waals surface area (Å²) in [6, 6.07) is 84.3. The van der Waals surface area contributed by atoms with Gasteiger partial charge in [0.1, 0.15) is 0 Å². The number of hydrogen-bond donors (Lipinski definition) is 0. The van der Waals surface area contributed by atoms with Crippen LogP contribution in [-0.2, 0) is 0 Å². The van der Waals surface area contributed by atoms with Crippen LogP contribution in [0.1, 0.15) is 0 Å². The van der Waals surface area contributed by atoms with Gasteiger partial charge >= 0.3 is 0 Å². The molecule has 10 aromatic carbocycles. The Labute approximate surface area is 348 Å². The van der Waals surface area contributed by atoms with Gasteiger partial charge in [-0.05, 0) is 91.0 Å². The van der Waals surface area contributed by atoms with E-state index >= 15 is 0 Å². The second kappa shape index (κ2) is 13.9. The molecule has 0 bridgehead atoms. The minimum atomic E-state index is 1.13. The lowest BCUT2D eigenvalue weighted by Crippen LogP contribution is -1.99. The molecule has 2 heteroatoms. The molecule has 0 aliphatic heterocycles. The Morgan fingerprint density at radius 1 is 0.217 bits per heavy atom. The van der Waals surface area contributed by atoms with Crippen LogP contribution >= 0.6 is 0 Å². The lowest BCUT2D eigenvalue weighted by atomic mass is 9.92. The summed E-state index contributed by atoms with van der Waals surface area (Å²) >= 11 is 0. The largest absolute Gasteiger partial charge is 0.309 e. The summed E-state index contributed by atoms with van der Waals surface area (Å²) in [6.07, 6.45) is 0. The van der Waals surface area contributed by atoms with Gasteiger partial charge in [-0.1, -0.05) is 194 Å². The van der Waals surface area contributed by atoms with E-state index in [1.165, 1.54) is 82.1 Å². The van der Waals surface area contributed by atoms with Crippen molar-refractivity contribution in [3.8, 4) is 56.1 Å². The van der Waals surface area contributed by atoms with Crippen molar-refractivity contribution in [1.29, 1.82) is 0 Å². The Balaban J connectivity index is 1.24. The number of rotatable bonds is 6. The van der Waals surface area contributed by atoms with E-state index in [2.05, 4.69) is 240 Å². The standard InChI is InChI=1S/C58H38N2/c1-4-18-39(19-5-1)40-32-34-42(35-33-40)58-56(55-50-28-14-16-30-53(50)59(43-22-8-3-9-23-43)57(55)41-20-6-2-7-21-41)51-29-15-17-31-54(51)60(58)44-36-37-49-47-26-11-10-24-45(47)46-25-12-13-27-48(46)52(49)38-44/h1-38H. The quantitative estimate of drug-likeness (QED) is 0.149. The molecule has 0 atom stereocenters. The molecule has 0 spiro atoms. The molecular formula is C58H38N2. The summed E-state index contributed by atoms with van der Waals surface area (Å²) in [5.41, 5.74) is 14.1. The van der Waals surface area contributed by atoms with Crippen molar-refractivity contribution in [2.24, 2.45) is 0 Å². The number of nitrogens with zero attached hydrogens (tertiary/aromatic N) is 2. The van der Waals surface area contributed by atoms with Crippen LogP contribution in [0.5, 0.6) is 0 Å². The molecule has 0 saturated heterocycles. The fraction of sp³-hybridized carbons (Fsp3) is 0. The van der Waals surface area contributed by atoms with Crippen molar-refractivity contribution in [3.63, 3.8) is 0 Å². The molecule has 0 amide bonds. The topological polar surface area (TPSA) is 9.86 Å². The second-order valence-corrected chi connectivity index (χ2v) is 15.6. The molecule has 12 rings (SSSR count). The molecule has 12 aromatic rings. The Morgan fingerprint density at radius 3 is 1.10 bits per heavy atom. The average Bonchev–Trinajstić information content (AvgIpc) is 3.85. The van der Waals surface area contributed by atoms with Gasteiger partial charge < -0.3 is 9.13 Å².